The smallest absolute Gasteiger partial charge is 0.160 e. The number of rotatable bonds is 11. The number of hydrogen-bond acceptors (Lipinski definition) is 6. The maximum atomic E-state index is 10.6. The molecule has 4 N–H and O–H groups in total. The largest absolute Gasteiger partial charge is 0.504 e. The normalized spacial score (nSPS) is 15.3. The molecule has 0 aliphatic heterocycles. The lowest BCUT2D eigenvalue weighted by Gasteiger charge is -2.30. The molecule has 0 aromatic heterocycles. The first-order chi connectivity index (χ1) is 14.2. The predicted molar refractivity (Wildman–Crippen MR) is 116 cm³/mol. The fourth-order valence-electron chi connectivity index (χ4n) is 3.95. The van der Waals surface area contributed by atoms with Crippen molar-refractivity contribution in [1.29, 1.82) is 0 Å². The van der Waals surface area contributed by atoms with E-state index in [-0.39, 0.29) is 23.3 Å². The maximum Gasteiger partial charge on any atom is 0.160 e. The summed E-state index contributed by atoms with van der Waals surface area (Å²) in [7, 11) is 3.01. The van der Waals surface area contributed by atoms with Crippen LogP contribution in [0.25, 0.3) is 0 Å². The van der Waals surface area contributed by atoms with E-state index in [2.05, 4.69) is 0 Å². The van der Waals surface area contributed by atoms with Gasteiger partial charge in [-0.3, -0.25) is 0 Å². The van der Waals surface area contributed by atoms with E-state index >= 15 is 0 Å². The molecular weight excluding hydrogens is 384 g/mol. The molecule has 0 heterocycles. The van der Waals surface area contributed by atoms with Gasteiger partial charge in [-0.05, 0) is 86.8 Å². The molecule has 0 aliphatic carbocycles. The lowest BCUT2D eigenvalue weighted by atomic mass is 9.77. The molecule has 30 heavy (non-hydrogen) atoms. The molecule has 0 aliphatic rings. The highest BCUT2D eigenvalue weighted by Gasteiger charge is 2.27. The summed E-state index contributed by atoms with van der Waals surface area (Å²) in [6.45, 7) is 3.53. The SMILES string of the molecule is COc1ccc(C[C@H](CC[C@H](C)O)[C@H](Cc2ccc(OC)c(O)c2)[C@H](C)O)cc1O. The first-order valence-corrected chi connectivity index (χ1v) is 10.3. The Bertz CT molecular complexity index is 802. The molecule has 0 fully saturated rings. The summed E-state index contributed by atoms with van der Waals surface area (Å²) in [5.41, 5.74) is 1.84. The second-order valence-electron chi connectivity index (χ2n) is 8.01. The van der Waals surface area contributed by atoms with Gasteiger partial charge in [0.1, 0.15) is 0 Å². The highest BCUT2D eigenvalue weighted by molar-refractivity contribution is 5.42. The van der Waals surface area contributed by atoms with Crippen molar-refractivity contribution in [2.45, 2.75) is 51.7 Å². The van der Waals surface area contributed by atoms with Crippen LogP contribution in [0, 0.1) is 11.8 Å². The molecule has 0 saturated carbocycles. The van der Waals surface area contributed by atoms with Gasteiger partial charge in [-0.1, -0.05) is 12.1 Å². The molecule has 0 spiro atoms. The van der Waals surface area contributed by atoms with Gasteiger partial charge in [0.15, 0.2) is 23.0 Å². The second kappa shape index (κ2) is 11.1. The Labute approximate surface area is 178 Å². The zero-order valence-corrected chi connectivity index (χ0v) is 18.2. The molecule has 0 saturated heterocycles. The van der Waals surface area contributed by atoms with Crippen LogP contribution in [0.1, 0.15) is 37.8 Å². The van der Waals surface area contributed by atoms with Gasteiger partial charge in [0.25, 0.3) is 0 Å². The van der Waals surface area contributed by atoms with E-state index in [1.807, 2.05) is 12.1 Å². The third kappa shape index (κ3) is 6.54. The van der Waals surface area contributed by atoms with Crippen molar-refractivity contribution < 1.29 is 29.9 Å². The van der Waals surface area contributed by atoms with E-state index in [0.29, 0.717) is 30.8 Å². The van der Waals surface area contributed by atoms with E-state index in [1.54, 1.807) is 38.1 Å². The van der Waals surface area contributed by atoms with Crippen LogP contribution < -0.4 is 9.47 Å². The number of benzene rings is 2. The van der Waals surface area contributed by atoms with Gasteiger partial charge >= 0.3 is 0 Å². The number of hydrogen-bond donors (Lipinski definition) is 4. The van der Waals surface area contributed by atoms with Gasteiger partial charge in [-0.25, -0.2) is 0 Å². The molecule has 0 radical (unpaired) electrons. The van der Waals surface area contributed by atoms with Crippen molar-refractivity contribution in [2.24, 2.45) is 11.8 Å². The Morgan fingerprint density at radius 2 is 1.27 bits per heavy atom. The molecule has 0 amide bonds. The summed E-state index contributed by atoms with van der Waals surface area (Å²) in [6.07, 6.45) is 1.53. The average molecular weight is 419 g/mol. The van der Waals surface area contributed by atoms with Crippen LogP contribution in [-0.4, -0.2) is 46.9 Å². The first-order valence-electron chi connectivity index (χ1n) is 10.3. The van der Waals surface area contributed by atoms with Crippen molar-refractivity contribution in [3.8, 4) is 23.0 Å². The number of phenolic OH excluding ortho intramolecular Hbond substituents is 2. The third-order valence-electron chi connectivity index (χ3n) is 5.64. The Kier molecular flexibility index (Phi) is 8.81. The van der Waals surface area contributed by atoms with Gasteiger partial charge in [-0.15, -0.1) is 0 Å². The summed E-state index contributed by atoms with van der Waals surface area (Å²) in [6, 6.07) is 10.6. The molecule has 2 rings (SSSR count). The minimum Gasteiger partial charge on any atom is -0.504 e. The minimum absolute atomic E-state index is 0.0663. The Balaban J connectivity index is 2.27. The van der Waals surface area contributed by atoms with E-state index in [4.69, 9.17) is 9.47 Å². The minimum atomic E-state index is -0.583. The number of ether oxygens (including phenoxy) is 2. The Hall–Kier alpha value is -2.44. The quantitative estimate of drug-likeness (QED) is 0.444. The van der Waals surface area contributed by atoms with Crippen LogP contribution >= 0.6 is 0 Å². The number of aliphatic hydroxyl groups excluding tert-OH is 2. The summed E-state index contributed by atoms with van der Waals surface area (Å²) in [5.74, 6) is 0.946. The van der Waals surface area contributed by atoms with Gasteiger partial charge < -0.3 is 29.9 Å². The Morgan fingerprint density at radius 1 is 0.767 bits per heavy atom. The summed E-state index contributed by atoms with van der Waals surface area (Å²) in [4.78, 5) is 0. The zero-order valence-electron chi connectivity index (χ0n) is 18.2. The highest BCUT2D eigenvalue weighted by Crippen LogP contribution is 2.34. The molecule has 6 nitrogen and oxygen atoms in total. The lowest BCUT2D eigenvalue weighted by molar-refractivity contribution is 0.0751. The van der Waals surface area contributed by atoms with Crippen LogP contribution in [0.3, 0.4) is 0 Å². The van der Waals surface area contributed by atoms with Crippen LogP contribution in [0.15, 0.2) is 36.4 Å². The number of aromatic hydroxyl groups is 2. The van der Waals surface area contributed by atoms with E-state index < -0.39 is 12.2 Å². The molecule has 2 aromatic carbocycles. The van der Waals surface area contributed by atoms with Crippen molar-refractivity contribution in [3.63, 3.8) is 0 Å². The molecule has 0 bridgehead atoms. The molecule has 4 atom stereocenters. The molecule has 166 valence electrons. The van der Waals surface area contributed by atoms with Crippen molar-refractivity contribution >= 4 is 0 Å². The number of methoxy groups -OCH3 is 2. The summed E-state index contributed by atoms with van der Waals surface area (Å²) in [5, 5.41) is 40.6. The monoisotopic (exact) mass is 418 g/mol. The molecule has 6 heteroatoms. The third-order valence-corrected chi connectivity index (χ3v) is 5.64. The van der Waals surface area contributed by atoms with Crippen LogP contribution in [0.4, 0.5) is 0 Å². The van der Waals surface area contributed by atoms with E-state index in [0.717, 1.165) is 17.5 Å². The van der Waals surface area contributed by atoms with Crippen LogP contribution in [0.5, 0.6) is 23.0 Å². The van der Waals surface area contributed by atoms with Crippen molar-refractivity contribution in [2.75, 3.05) is 14.2 Å². The summed E-state index contributed by atoms with van der Waals surface area (Å²) < 4.78 is 10.2. The summed E-state index contributed by atoms with van der Waals surface area (Å²) >= 11 is 0. The molecular formula is C24H34O6. The Morgan fingerprint density at radius 3 is 1.67 bits per heavy atom. The van der Waals surface area contributed by atoms with Gasteiger partial charge in [0, 0.05) is 0 Å². The lowest BCUT2D eigenvalue weighted by Crippen LogP contribution is -2.30. The van der Waals surface area contributed by atoms with Gasteiger partial charge in [0.2, 0.25) is 0 Å². The highest BCUT2D eigenvalue weighted by atomic mass is 16.5. The average Bonchev–Trinajstić information content (AvgIpc) is 2.69. The van der Waals surface area contributed by atoms with Crippen molar-refractivity contribution in [1.82, 2.24) is 0 Å². The van der Waals surface area contributed by atoms with Crippen LogP contribution in [-0.2, 0) is 12.8 Å². The molecule has 2 aromatic rings. The zero-order chi connectivity index (χ0) is 22.3. The van der Waals surface area contributed by atoms with E-state index in [9.17, 15) is 20.4 Å². The topological polar surface area (TPSA) is 99.4 Å². The van der Waals surface area contributed by atoms with Crippen LogP contribution in [0.2, 0.25) is 0 Å². The predicted octanol–water partition coefficient (Wildman–Crippen LogP) is 3.67. The van der Waals surface area contributed by atoms with E-state index in [1.165, 1.54) is 14.2 Å². The number of aliphatic hydroxyl groups is 2. The maximum absolute atomic E-state index is 10.6. The van der Waals surface area contributed by atoms with Crippen molar-refractivity contribution in [3.05, 3.63) is 47.5 Å². The van der Waals surface area contributed by atoms with Gasteiger partial charge in [0.05, 0.1) is 26.4 Å². The fraction of sp³-hybridized carbons (Fsp3) is 0.500. The number of phenols is 2. The second-order valence-corrected chi connectivity index (χ2v) is 8.01. The first kappa shape index (κ1) is 23.8. The fourth-order valence-corrected chi connectivity index (χ4v) is 3.95. The molecule has 0 unspecified atom stereocenters. The van der Waals surface area contributed by atoms with Gasteiger partial charge in [-0.2, -0.15) is 0 Å². The standard InChI is InChI=1S/C24H34O6/c1-15(25)5-8-19(11-17-6-9-23(29-3)21(27)13-17)20(16(2)26)12-18-7-10-24(30-4)22(28)14-18/h6-7,9-10,13-16,19-20,25-28H,5,8,11-12H2,1-4H3/t15-,16-,19-,20+/m0/s1.